The molecule has 1 aliphatic heterocycles. The van der Waals surface area contributed by atoms with E-state index in [0.29, 0.717) is 0 Å². The van der Waals surface area contributed by atoms with Crippen molar-refractivity contribution in [2.75, 3.05) is 40.0 Å². The first-order valence-electron chi connectivity index (χ1n) is 5.87. The van der Waals surface area contributed by atoms with Crippen molar-refractivity contribution in [3.63, 3.8) is 0 Å². The molecular weight excluding hydrogens is 190 g/mol. The second-order valence-corrected chi connectivity index (χ2v) is 3.91. The molecule has 0 atom stereocenters. The highest BCUT2D eigenvalue weighted by molar-refractivity contribution is 4.89. The third kappa shape index (κ3) is 6.66. The van der Waals surface area contributed by atoms with E-state index in [1.807, 2.05) is 0 Å². The smallest absolute Gasteiger partial charge is 0.0587 e. The largest absolute Gasteiger partial charge is 0.383 e. The molecule has 1 saturated heterocycles. The molecule has 3 heteroatoms. The van der Waals surface area contributed by atoms with Gasteiger partial charge in [0.05, 0.1) is 6.61 Å². The summed E-state index contributed by atoms with van der Waals surface area (Å²) in [6.45, 7) is 4.65. The SMILES string of the molecule is COCCNCCC=CC1CCOCC1. The van der Waals surface area contributed by atoms with Crippen molar-refractivity contribution in [2.24, 2.45) is 5.92 Å². The number of nitrogens with one attached hydrogen (secondary N) is 1. The fourth-order valence-electron chi connectivity index (χ4n) is 1.68. The van der Waals surface area contributed by atoms with Gasteiger partial charge in [0.2, 0.25) is 0 Å². The van der Waals surface area contributed by atoms with Gasteiger partial charge in [-0.25, -0.2) is 0 Å². The molecule has 0 spiro atoms. The molecule has 1 rings (SSSR count). The maximum Gasteiger partial charge on any atom is 0.0587 e. The molecule has 88 valence electrons. The van der Waals surface area contributed by atoms with Gasteiger partial charge in [0.25, 0.3) is 0 Å². The van der Waals surface area contributed by atoms with Gasteiger partial charge in [-0.3, -0.25) is 0 Å². The van der Waals surface area contributed by atoms with Crippen LogP contribution in [-0.2, 0) is 9.47 Å². The van der Waals surface area contributed by atoms with Gasteiger partial charge in [0.15, 0.2) is 0 Å². The van der Waals surface area contributed by atoms with Gasteiger partial charge >= 0.3 is 0 Å². The molecule has 0 unspecified atom stereocenters. The zero-order chi connectivity index (χ0) is 10.8. The molecule has 1 fully saturated rings. The van der Waals surface area contributed by atoms with Crippen LogP contribution in [0.1, 0.15) is 19.3 Å². The van der Waals surface area contributed by atoms with E-state index in [1.54, 1.807) is 7.11 Å². The summed E-state index contributed by atoms with van der Waals surface area (Å²) >= 11 is 0. The number of allylic oxidation sites excluding steroid dienone is 1. The van der Waals surface area contributed by atoms with E-state index < -0.39 is 0 Å². The van der Waals surface area contributed by atoms with Crippen LogP contribution >= 0.6 is 0 Å². The number of hydrogen-bond donors (Lipinski definition) is 1. The Labute approximate surface area is 92.8 Å². The molecule has 0 radical (unpaired) electrons. The lowest BCUT2D eigenvalue weighted by Gasteiger charge is -2.18. The average molecular weight is 213 g/mol. The molecule has 0 aromatic carbocycles. The van der Waals surface area contributed by atoms with E-state index in [9.17, 15) is 0 Å². The lowest BCUT2D eigenvalue weighted by molar-refractivity contribution is 0.0785. The molecule has 1 heterocycles. The summed E-state index contributed by atoms with van der Waals surface area (Å²) in [5, 5.41) is 3.32. The van der Waals surface area contributed by atoms with Crippen LogP contribution in [0.5, 0.6) is 0 Å². The first kappa shape index (κ1) is 12.7. The Morgan fingerprint density at radius 1 is 1.33 bits per heavy atom. The standard InChI is InChI=1S/C12H23NO2/c1-14-11-8-13-7-3-2-4-12-5-9-15-10-6-12/h2,4,12-13H,3,5-11H2,1H3. The van der Waals surface area contributed by atoms with Crippen LogP contribution in [-0.4, -0.2) is 40.0 Å². The fourth-order valence-corrected chi connectivity index (χ4v) is 1.68. The molecule has 0 aliphatic carbocycles. The van der Waals surface area contributed by atoms with E-state index in [-0.39, 0.29) is 0 Å². The average Bonchev–Trinajstić information content (AvgIpc) is 2.29. The normalized spacial score (nSPS) is 18.7. The molecule has 0 amide bonds. The van der Waals surface area contributed by atoms with E-state index in [0.717, 1.165) is 45.2 Å². The predicted molar refractivity (Wildman–Crippen MR) is 62.0 cm³/mol. The second-order valence-electron chi connectivity index (χ2n) is 3.91. The Balaban J connectivity index is 1.91. The minimum absolute atomic E-state index is 0.748. The molecular formula is C12H23NO2. The maximum atomic E-state index is 5.31. The van der Waals surface area contributed by atoms with Crippen molar-refractivity contribution in [2.45, 2.75) is 19.3 Å². The molecule has 3 nitrogen and oxygen atoms in total. The Bertz CT molecular complexity index is 165. The molecule has 0 aromatic rings. The summed E-state index contributed by atoms with van der Waals surface area (Å²) in [4.78, 5) is 0. The fraction of sp³-hybridized carbons (Fsp3) is 0.833. The molecule has 0 bridgehead atoms. The topological polar surface area (TPSA) is 30.5 Å². The van der Waals surface area contributed by atoms with Crippen molar-refractivity contribution in [3.8, 4) is 0 Å². The number of methoxy groups -OCH3 is 1. The Kier molecular flexibility index (Phi) is 7.52. The van der Waals surface area contributed by atoms with Crippen molar-refractivity contribution < 1.29 is 9.47 Å². The summed E-state index contributed by atoms with van der Waals surface area (Å²) in [6, 6.07) is 0. The lowest BCUT2D eigenvalue weighted by Crippen LogP contribution is -2.19. The van der Waals surface area contributed by atoms with Gasteiger partial charge in [0, 0.05) is 26.9 Å². The third-order valence-corrected chi connectivity index (χ3v) is 2.64. The molecule has 1 aliphatic rings. The van der Waals surface area contributed by atoms with Gasteiger partial charge in [-0.05, 0) is 31.7 Å². The van der Waals surface area contributed by atoms with Crippen LogP contribution in [0.15, 0.2) is 12.2 Å². The summed E-state index contributed by atoms with van der Waals surface area (Å²) in [6.07, 6.45) is 8.12. The van der Waals surface area contributed by atoms with E-state index >= 15 is 0 Å². The second kappa shape index (κ2) is 8.89. The van der Waals surface area contributed by atoms with E-state index in [2.05, 4.69) is 17.5 Å². The Morgan fingerprint density at radius 2 is 2.13 bits per heavy atom. The minimum atomic E-state index is 0.748. The summed E-state index contributed by atoms with van der Waals surface area (Å²) in [5.41, 5.74) is 0. The highest BCUT2D eigenvalue weighted by atomic mass is 16.5. The number of rotatable bonds is 7. The van der Waals surface area contributed by atoms with Crippen LogP contribution in [0, 0.1) is 5.92 Å². The van der Waals surface area contributed by atoms with Gasteiger partial charge < -0.3 is 14.8 Å². The molecule has 0 saturated carbocycles. The van der Waals surface area contributed by atoms with E-state index in [4.69, 9.17) is 9.47 Å². The van der Waals surface area contributed by atoms with Crippen molar-refractivity contribution in [1.29, 1.82) is 0 Å². The quantitative estimate of drug-likeness (QED) is 0.514. The summed E-state index contributed by atoms with van der Waals surface area (Å²) in [7, 11) is 1.73. The zero-order valence-electron chi connectivity index (χ0n) is 9.71. The van der Waals surface area contributed by atoms with Crippen molar-refractivity contribution >= 4 is 0 Å². The zero-order valence-corrected chi connectivity index (χ0v) is 9.71. The van der Waals surface area contributed by atoms with Crippen LogP contribution in [0.2, 0.25) is 0 Å². The first-order valence-corrected chi connectivity index (χ1v) is 5.87. The maximum absolute atomic E-state index is 5.31. The predicted octanol–water partition coefficient (Wildman–Crippen LogP) is 1.60. The Hall–Kier alpha value is -0.380. The molecule has 0 aromatic heterocycles. The Morgan fingerprint density at radius 3 is 2.87 bits per heavy atom. The first-order chi connectivity index (χ1) is 7.43. The van der Waals surface area contributed by atoms with Crippen molar-refractivity contribution in [3.05, 3.63) is 12.2 Å². The van der Waals surface area contributed by atoms with Crippen molar-refractivity contribution in [1.82, 2.24) is 5.32 Å². The summed E-state index contributed by atoms with van der Waals surface area (Å²) < 4.78 is 10.3. The van der Waals surface area contributed by atoms with Crippen LogP contribution < -0.4 is 5.32 Å². The number of ether oxygens (including phenoxy) is 2. The van der Waals surface area contributed by atoms with Gasteiger partial charge in [0.1, 0.15) is 0 Å². The number of hydrogen-bond acceptors (Lipinski definition) is 3. The van der Waals surface area contributed by atoms with Crippen LogP contribution in [0.4, 0.5) is 0 Å². The third-order valence-electron chi connectivity index (χ3n) is 2.64. The highest BCUT2D eigenvalue weighted by Gasteiger charge is 2.09. The molecule has 15 heavy (non-hydrogen) atoms. The van der Waals surface area contributed by atoms with Gasteiger partial charge in [-0.15, -0.1) is 0 Å². The monoisotopic (exact) mass is 213 g/mol. The van der Waals surface area contributed by atoms with Gasteiger partial charge in [-0.2, -0.15) is 0 Å². The lowest BCUT2D eigenvalue weighted by atomic mass is 10.00. The minimum Gasteiger partial charge on any atom is -0.383 e. The highest BCUT2D eigenvalue weighted by Crippen LogP contribution is 2.15. The van der Waals surface area contributed by atoms with Crippen LogP contribution in [0.25, 0.3) is 0 Å². The summed E-state index contributed by atoms with van der Waals surface area (Å²) in [5.74, 6) is 0.748. The van der Waals surface area contributed by atoms with E-state index in [1.165, 1.54) is 12.8 Å². The van der Waals surface area contributed by atoms with Crippen LogP contribution in [0.3, 0.4) is 0 Å². The molecule has 1 N–H and O–H groups in total. The van der Waals surface area contributed by atoms with Gasteiger partial charge in [-0.1, -0.05) is 12.2 Å².